The largest absolute Gasteiger partial charge is 0.372 e. The fourth-order valence-electron chi connectivity index (χ4n) is 1.47. The minimum atomic E-state index is 0.620. The van der Waals surface area contributed by atoms with Gasteiger partial charge in [-0.2, -0.15) is 0 Å². The minimum Gasteiger partial charge on any atom is -0.372 e. The summed E-state index contributed by atoms with van der Waals surface area (Å²) in [5.41, 5.74) is 8.05. The Bertz CT molecular complexity index is 254. The number of nitrogens with two attached hydrogens (primary N) is 1. The maximum absolute atomic E-state index is 5.58. The molecule has 0 aliphatic heterocycles. The van der Waals surface area contributed by atoms with Crippen molar-refractivity contribution in [2.45, 2.75) is 20.4 Å². The van der Waals surface area contributed by atoms with E-state index in [0.29, 0.717) is 6.54 Å². The summed E-state index contributed by atoms with van der Waals surface area (Å²) in [6, 6.07) is 8.42. The minimum absolute atomic E-state index is 0.620. The highest BCUT2D eigenvalue weighted by molar-refractivity contribution is 5.48. The Morgan fingerprint density at radius 1 is 1.23 bits per heavy atom. The molecule has 1 aromatic rings. The standard InChI is InChI=1S/C11H18N2/c1-3-13(4-2)11-7-5-6-10(8-11)9-12/h5-8H,3-4,9,12H2,1-2H3. The summed E-state index contributed by atoms with van der Waals surface area (Å²) in [6.07, 6.45) is 0. The summed E-state index contributed by atoms with van der Waals surface area (Å²) in [6.45, 7) is 7.04. The third-order valence-electron chi connectivity index (χ3n) is 2.27. The molecule has 1 aromatic carbocycles. The molecule has 1 rings (SSSR count). The molecular weight excluding hydrogens is 160 g/mol. The highest BCUT2D eigenvalue weighted by Crippen LogP contribution is 2.15. The molecule has 0 aliphatic carbocycles. The lowest BCUT2D eigenvalue weighted by Gasteiger charge is -2.21. The summed E-state index contributed by atoms with van der Waals surface area (Å²) in [5.74, 6) is 0. The molecule has 13 heavy (non-hydrogen) atoms. The maximum Gasteiger partial charge on any atom is 0.0369 e. The van der Waals surface area contributed by atoms with E-state index in [1.54, 1.807) is 0 Å². The van der Waals surface area contributed by atoms with E-state index in [4.69, 9.17) is 5.73 Å². The number of rotatable bonds is 4. The van der Waals surface area contributed by atoms with Gasteiger partial charge >= 0.3 is 0 Å². The highest BCUT2D eigenvalue weighted by atomic mass is 15.1. The lowest BCUT2D eigenvalue weighted by Crippen LogP contribution is -2.21. The monoisotopic (exact) mass is 178 g/mol. The highest BCUT2D eigenvalue weighted by Gasteiger charge is 2.00. The van der Waals surface area contributed by atoms with Crippen LogP contribution in [0.5, 0.6) is 0 Å². The van der Waals surface area contributed by atoms with E-state index in [0.717, 1.165) is 13.1 Å². The van der Waals surface area contributed by atoms with Gasteiger partial charge in [0.2, 0.25) is 0 Å². The molecule has 0 bridgehead atoms. The van der Waals surface area contributed by atoms with Crippen LogP contribution in [0.4, 0.5) is 5.69 Å². The van der Waals surface area contributed by atoms with E-state index >= 15 is 0 Å². The van der Waals surface area contributed by atoms with Crippen LogP contribution >= 0.6 is 0 Å². The van der Waals surface area contributed by atoms with Crippen LogP contribution in [-0.4, -0.2) is 13.1 Å². The zero-order valence-corrected chi connectivity index (χ0v) is 8.46. The van der Waals surface area contributed by atoms with Gasteiger partial charge in [0.15, 0.2) is 0 Å². The molecule has 72 valence electrons. The number of hydrogen-bond acceptors (Lipinski definition) is 2. The van der Waals surface area contributed by atoms with Crippen LogP contribution in [0, 0.1) is 0 Å². The van der Waals surface area contributed by atoms with E-state index in [9.17, 15) is 0 Å². The molecule has 0 saturated heterocycles. The first-order valence-corrected chi connectivity index (χ1v) is 4.85. The van der Waals surface area contributed by atoms with Crippen molar-refractivity contribution in [1.82, 2.24) is 0 Å². The van der Waals surface area contributed by atoms with Gasteiger partial charge in [0.1, 0.15) is 0 Å². The van der Waals surface area contributed by atoms with Gasteiger partial charge in [-0.25, -0.2) is 0 Å². The summed E-state index contributed by atoms with van der Waals surface area (Å²) in [7, 11) is 0. The van der Waals surface area contributed by atoms with Crippen LogP contribution in [0.1, 0.15) is 19.4 Å². The van der Waals surface area contributed by atoms with E-state index in [2.05, 4.69) is 43.0 Å². The lowest BCUT2D eigenvalue weighted by molar-refractivity contribution is 0.864. The molecule has 0 amide bonds. The average Bonchev–Trinajstić information content (AvgIpc) is 2.20. The van der Waals surface area contributed by atoms with Gasteiger partial charge in [-0.1, -0.05) is 12.1 Å². The second-order valence-corrected chi connectivity index (χ2v) is 3.05. The van der Waals surface area contributed by atoms with Crippen LogP contribution in [0.25, 0.3) is 0 Å². The van der Waals surface area contributed by atoms with E-state index in [1.165, 1.54) is 11.3 Å². The van der Waals surface area contributed by atoms with Gasteiger partial charge in [0.05, 0.1) is 0 Å². The summed E-state index contributed by atoms with van der Waals surface area (Å²) in [4.78, 5) is 2.32. The first kappa shape index (κ1) is 10.1. The van der Waals surface area contributed by atoms with Crippen molar-refractivity contribution < 1.29 is 0 Å². The van der Waals surface area contributed by atoms with Crippen LogP contribution in [0.3, 0.4) is 0 Å². The predicted molar refractivity (Wildman–Crippen MR) is 57.9 cm³/mol. The molecular formula is C11H18N2. The van der Waals surface area contributed by atoms with Crippen molar-refractivity contribution >= 4 is 5.69 Å². The maximum atomic E-state index is 5.58. The zero-order valence-electron chi connectivity index (χ0n) is 8.46. The van der Waals surface area contributed by atoms with Crippen molar-refractivity contribution in [3.8, 4) is 0 Å². The normalized spacial score (nSPS) is 10.1. The Kier molecular flexibility index (Phi) is 3.77. The average molecular weight is 178 g/mol. The summed E-state index contributed by atoms with van der Waals surface area (Å²) in [5, 5.41) is 0. The molecule has 0 aliphatic rings. The second kappa shape index (κ2) is 4.87. The molecule has 0 unspecified atom stereocenters. The smallest absolute Gasteiger partial charge is 0.0369 e. The van der Waals surface area contributed by atoms with Gasteiger partial charge in [0.25, 0.3) is 0 Å². The number of benzene rings is 1. The zero-order chi connectivity index (χ0) is 9.68. The van der Waals surface area contributed by atoms with Gasteiger partial charge in [0, 0.05) is 25.3 Å². The summed E-state index contributed by atoms with van der Waals surface area (Å²) < 4.78 is 0. The molecule has 2 N–H and O–H groups in total. The molecule has 0 fully saturated rings. The second-order valence-electron chi connectivity index (χ2n) is 3.05. The molecule has 0 atom stereocenters. The Hall–Kier alpha value is -1.02. The van der Waals surface area contributed by atoms with Crippen LogP contribution in [0.2, 0.25) is 0 Å². The van der Waals surface area contributed by atoms with Crippen molar-refractivity contribution in [2.75, 3.05) is 18.0 Å². The van der Waals surface area contributed by atoms with E-state index < -0.39 is 0 Å². The van der Waals surface area contributed by atoms with Crippen molar-refractivity contribution in [1.29, 1.82) is 0 Å². The van der Waals surface area contributed by atoms with Gasteiger partial charge < -0.3 is 10.6 Å². The van der Waals surface area contributed by atoms with E-state index in [1.807, 2.05) is 0 Å². The number of nitrogens with zero attached hydrogens (tertiary/aromatic N) is 1. The Morgan fingerprint density at radius 3 is 2.46 bits per heavy atom. The predicted octanol–water partition coefficient (Wildman–Crippen LogP) is 1.99. The molecule has 2 heteroatoms. The first-order valence-electron chi connectivity index (χ1n) is 4.85. The van der Waals surface area contributed by atoms with E-state index in [-0.39, 0.29) is 0 Å². The number of hydrogen-bond donors (Lipinski definition) is 1. The SMILES string of the molecule is CCN(CC)c1cccc(CN)c1. The van der Waals surface area contributed by atoms with Gasteiger partial charge in [-0.15, -0.1) is 0 Å². The van der Waals surface area contributed by atoms with Gasteiger partial charge in [-0.3, -0.25) is 0 Å². The van der Waals surface area contributed by atoms with Crippen molar-refractivity contribution in [2.24, 2.45) is 5.73 Å². The quantitative estimate of drug-likeness (QED) is 0.764. The van der Waals surface area contributed by atoms with Crippen molar-refractivity contribution in [3.63, 3.8) is 0 Å². The Balaban J connectivity index is 2.86. The van der Waals surface area contributed by atoms with Crippen LogP contribution < -0.4 is 10.6 Å². The van der Waals surface area contributed by atoms with Crippen molar-refractivity contribution in [3.05, 3.63) is 29.8 Å². The van der Waals surface area contributed by atoms with Crippen LogP contribution in [-0.2, 0) is 6.54 Å². The van der Waals surface area contributed by atoms with Gasteiger partial charge in [-0.05, 0) is 31.5 Å². The third kappa shape index (κ3) is 2.46. The van der Waals surface area contributed by atoms with Crippen LogP contribution in [0.15, 0.2) is 24.3 Å². The Morgan fingerprint density at radius 2 is 1.92 bits per heavy atom. The molecule has 0 heterocycles. The molecule has 0 radical (unpaired) electrons. The molecule has 0 aromatic heterocycles. The third-order valence-corrected chi connectivity index (χ3v) is 2.27. The Labute approximate surface area is 80.4 Å². The topological polar surface area (TPSA) is 29.3 Å². The molecule has 2 nitrogen and oxygen atoms in total. The fourth-order valence-corrected chi connectivity index (χ4v) is 1.47. The lowest BCUT2D eigenvalue weighted by atomic mass is 10.2. The fraction of sp³-hybridized carbons (Fsp3) is 0.455. The number of anilines is 1. The molecule has 0 spiro atoms. The first-order chi connectivity index (χ1) is 6.31. The summed E-state index contributed by atoms with van der Waals surface area (Å²) >= 11 is 0. The molecule has 0 saturated carbocycles.